The molecule has 0 saturated heterocycles. The van der Waals surface area contributed by atoms with Crippen LogP contribution in [0.3, 0.4) is 0 Å². The molecule has 7 nitrogen and oxygen atoms in total. The van der Waals surface area contributed by atoms with Gasteiger partial charge in [0, 0.05) is 17.8 Å². The number of aromatic nitrogens is 3. The van der Waals surface area contributed by atoms with Gasteiger partial charge in [0.1, 0.15) is 12.7 Å². The normalized spacial score (nSPS) is 16.0. The summed E-state index contributed by atoms with van der Waals surface area (Å²) in [5.41, 5.74) is 3.04. The summed E-state index contributed by atoms with van der Waals surface area (Å²) in [5, 5.41) is 9.74. The Morgan fingerprint density at radius 3 is 2.72 bits per heavy atom. The number of hydrogen-bond acceptors (Lipinski definition) is 4. The van der Waals surface area contributed by atoms with E-state index in [-0.39, 0.29) is 18.2 Å². The highest BCUT2D eigenvalue weighted by Crippen LogP contribution is 2.32. The molecule has 3 aromatic rings. The van der Waals surface area contributed by atoms with E-state index in [0.717, 1.165) is 11.3 Å². The van der Waals surface area contributed by atoms with Crippen molar-refractivity contribution in [2.24, 2.45) is 0 Å². The van der Waals surface area contributed by atoms with E-state index in [1.54, 1.807) is 29.2 Å². The number of amides is 2. The summed E-state index contributed by atoms with van der Waals surface area (Å²) in [6.07, 6.45) is 3.20. The molecule has 0 spiro atoms. The summed E-state index contributed by atoms with van der Waals surface area (Å²) < 4.78 is 1.63. The van der Waals surface area contributed by atoms with Gasteiger partial charge in [-0.15, -0.1) is 0 Å². The quantitative estimate of drug-likeness (QED) is 0.770. The molecule has 1 aromatic heterocycles. The smallest absolute Gasteiger partial charge is 0.232 e. The molecular formula is C18H15N5O2. The van der Waals surface area contributed by atoms with E-state index in [2.05, 4.69) is 20.7 Å². The van der Waals surface area contributed by atoms with Crippen molar-refractivity contribution < 1.29 is 9.59 Å². The zero-order valence-corrected chi connectivity index (χ0v) is 13.2. The maximum atomic E-state index is 12.7. The van der Waals surface area contributed by atoms with Crippen molar-refractivity contribution in [2.75, 3.05) is 10.6 Å². The van der Waals surface area contributed by atoms with Gasteiger partial charge in [0.05, 0.1) is 11.6 Å². The third-order valence-corrected chi connectivity index (χ3v) is 4.13. The number of fused-ring (bicyclic) bond motifs is 1. The third kappa shape index (κ3) is 2.99. The molecule has 0 fully saturated rings. The summed E-state index contributed by atoms with van der Waals surface area (Å²) in [5.74, 6) is -0.851. The van der Waals surface area contributed by atoms with Crippen LogP contribution in [0.5, 0.6) is 0 Å². The second kappa shape index (κ2) is 6.20. The van der Waals surface area contributed by atoms with Crippen LogP contribution in [0, 0.1) is 0 Å². The van der Waals surface area contributed by atoms with Crippen LogP contribution in [-0.4, -0.2) is 26.6 Å². The van der Waals surface area contributed by atoms with Gasteiger partial charge < -0.3 is 10.6 Å². The minimum Gasteiger partial charge on any atom is -0.326 e. The first-order chi connectivity index (χ1) is 12.2. The summed E-state index contributed by atoms with van der Waals surface area (Å²) in [6, 6.07) is 14.6. The first kappa shape index (κ1) is 15.1. The van der Waals surface area contributed by atoms with Gasteiger partial charge in [0.25, 0.3) is 0 Å². The van der Waals surface area contributed by atoms with Gasteiger partial charge in [0.2, 0.25) is 11.8 Å². The van der Waals surface area contributed by atoms with Crippen LogP contribution >= 0.6 is 0 Å². The number of anilines is 2. The number of nitrogens with zero attached hydrogens (tertiary/aromatic N) is 3. The average molecular weight is 333 g/mol. The predicted molar refractivity (Wildman–Crippen MR) is 92.4 cm³/mol. The van der Waals surface area contributed by atoms with E-state index >= 15 is 0 Å². The molecule has 4 rings (SSSR count). The number of benzene rings is 2. The van der Waals surface area contributed by atoms with Gasteiger partial charge in [-0.3, -0.25) is 9.59 Å². The molecule has 2 N–H and O–H groups in total. The Morgan fingerprint density at radius 2 is 1.96 bits per heavy atom. The lowest BCUT2D eigenvalue weighted by Crippen LogP contribution is -2.30. The molecule has 1 atom stereocenters. The lowest BCUT2D eigenvalue weighted by molar-refractivity contribution is -0.123. The molecular weight excluding hydrogens is 318 g/mol. The van der Waals surface area contributed by atoms with Crippen LogP contribution in [0.25, 0.3) is 5.69 Å². The van der Waals surface area contributed by atoms with Crippen LogP contribution in [0.2, 0.25) is 0 Å². The molecule has 25 heavy (non-hydrogen) atoms. The van der Waals surface area contributed by atoms with Crippen LogP contribution in [-0.2, 0) is 9.59 Å². The molecule has 0 bridgehead atoms. The highest BCUT2D eigenvalue weighted by atomic mass is 16.2. The fraction of sp³-hybridized carbons (Fsp3) is 0.111. The van der Waals surface area contributed by atoms with Crippen molar-refractivity contribution in [3.63, 3.8) is 0 Å². The van der Waals surface area contributed by atoms with E-state index in [9.17, 15) is 9.59 Å². The Bertz CT molecular complexity index is 919. The molecule has 7 heteroatoms. The Hall–Kier alpha value is -3.48. The lowest BCUT2D eigenvalue weighted by Gasteiger charge is -2.24. The number of hydrogen-bond donors (Lipinski definition) is 2. The van der Waals surface area contributed by atoms with Gasteiger partial charge in [-0.1, -0.05) is 18.2 Å². The first-order valence-electron chi connectivity index (χ1n) is 7.85. The molecule has 1 unspecified atom stereocenters. The monoisotopic (exact) mass is 333 g/mol. The van der Waals surface area contributed by atoms with Crippen molar-refractivity contribution in [2.45, 2.75) is 12.3 Å². The second-order valence-electron chi connectivity index (χ2n) is 5.77. The van der Waals surface area contributed by atoms with Crippen LogP contribution in [0.1, 0.15) is 17.9 Å². The summed E-state index contributed by atoms with van der Waals surface area (Å²) in [7, 11) is 0. The van der Waals surface area contributed by atoms with Crippen molar-refractivity contribution >= 4 is 23.2 Å². The van der Waals surface area contributed by atoms with E-state index in [4.69, 9.17) is 0 Å². The van der Waals surface area contributed by atoms with Gasteiger partial charge >= 0.3 is 0 Å². The summed E-state index contributed by atoms with van der Waals surface area (Å²) >= 11 is 0. The largest absolute Gasteiger partial charge is 0.326 e. The minimum absolute atomic E-state index is 0.139. The molecule has 0 saturated carbocycles. The Labute approximate surface area is 143 Å². The molecule has 1 aliphatic rings. The average Bonchev–Trinajstić information content (AvgIpc) is 3.16. The van der Waals surface area contributed by atoms with Gasteiger partial charge in [-0.2, -0.15) is 5.10 Å². The second-order valence-corrected chi connectivity index (χ2v) is 5.77. The predicted octanol–water partition coefficient (Wildman–Crippen LogP) is 2.33. The van der Waals surface area contributed by atoms with Crippen molar-refractivity contribution in [3.8, 4) is 5.69 Å². The maximum Gasteiger partial charge on any atom is 0.232 e. The summed E-state index contributed by atoms with van der Waals surface area (Å²) in [4.78, 5) is 28.4. The SMILES string of the molecule is O=C1CC(C(=O)Nc2ccc(-n3cncn3)cc2)c2ccccc2N1. The highest BCUT2D eigenvalue weighted by molar-refractivity contribution is 6.05. The fourth-order valence-electron chi connectivity index (χ4n) is 2.91. The standard InChI is InChI=1S/C18H15N5O2/c24-17-9-15(14-3-1-2-4-16(14)22-17)18(25)21-12-5-7-13(8-6-12)23-11-19-10-20-23/h1-8,10-11,15H,9H2,(H,21,25)(H,22,24). The van der Waals surface area contributed by atoms with Crippen molar-refractivity contribution in [3.05, 3.63) is 66.7 Å². The zero-order chi connectivity index (χ0) is 17.2. The number of rotatable bonds is 3. The molecule has 0 radical (unpaired) electrons. The number of carbonyl (C=O) groups is 2. The lowest BCUT2D eigenvalue weighted by atomic mass is 9.90. The molecule has 2 aromatic carbocycles. The van der Waals surface area contributed by atoms with Crippen molar-refractivity contribution in [1.82, 2.24) is 14.8 Å². The Kier molecular flexibility index (Phi) is 3.74. The van der Waals surface area contributed by atoms with Gasteiger partial charge in [-0.25, -0.2) is 9.67 Å². The molecule has 1 aliphatic heterocycles. The van der Waals surface area contributed by atoms with E-state index < -0.39 is 5.92 Å². The summed E-state index contributed by atoms with van der Waals surface area (Å²) in [6.45, 7) is 0. The van der Waals surface area contributed by atoms with Crippen molar-refractivity contribution in [1.29, 1.82) is 0 Å². The maximum absolute atomic E-state index is 12.7. The zero-order valence-electron chi connectivity index (χ0n) is 13.2. The van der Waals surface area contributed by atoms with Crippen LogP contribution in [0.4, 0.5) is 11.4 Å². The van der Waals surface area contributed by atoms with Crippen LogP contribution in [0.15, 0.2) is 61.2 Å². The van der Waals surface area contributed by atoms with E-state index in [1.807, 2.05) is 30.3 Å². The topological polar surface area (TPSA) is 88.9 Å². The van der Waals surface area contributed by atoms with E-state index in [1.165, 1.54) is 6.33 Å². The number of para-hydroxylation sites is 1. The molecule has 2 heterocycles. The first-order valence-corrected chi connectivity index (χ1v) is 7.85. The molecule has 2 amide bonds. The minimum atomic E-state index is -0.500. The van der Waals surface area contributed by atoms with Gasteiger partial charge in [-0.05, 0) is 35.9 Å². The highest BCUT2D eigenvalue weighted by Gasteiger charge is 2.30. The molecule has 124 valence electrons. The van der Waals surface area contributed by atoms with Crippen LogP contribution < -0.4 is 10.6 Å². The number of nitrogens with one attached hydrogen (secondary N) is 2. The number of carbonyl (C=O) groups excluding carboxylic acids is 2. The van der Waals surface area contributed by atoms with E-state index in [0.29, 0.717) is 11.4 Å². The van der Waals surface area contributed by atoms with Gasteiger partial charge in [0.15, 0.2) is 0 Å². The Balaban J connectivity index is 1.53. The Morgan fingerprint density at radius 1 is 1.16 bits per heavy atom. The fourth-order valence-corrected chi connectivity index (χ4v) is 2.91. The molecule has 0 aliphatic carbocycles. The third-order valence-electron chi connectivity index (χ3n) is 4.13.